The predicted molar refractivity (Wildman–Crippen MR) is 90.8 cm³/mol. The molecule has 0 saturated carbocycles. The van der Waals surface area contributed by atoms with E-state index in [2.05, 4.69) is 69.1 Å². The van der Waals surface area contributed by atoms with Gasteiger partial charge in [0.1, 0.15) is 0 Å². The molecule has 2 N–H and O–H groups in total. The lowest BCUT2D eigenvalue weighted by Gasteiger charge is -2.10. The van der Waals surface area contributed by atoms with E-state index in [0.717, 1.165) is 14.7 Å². The molecule has 1 aromatic carbocycles. The molecule has 0 aliphatic rings. The van der Waals surface area contributed by atoms with Gasteiger partial charge in [0, 0.05) is 9.35 Å². The van der Waals surface area contributed by atoms with Crippen LogP contribution in [0.2, 0.25) is 0 Å². The molecule has 0 bridgehead atoms. The first-order valence-corrected chi connectivity index (χ1v) is 8.81. The number of thiophene rings is 1. The van der Waals surface area contributed by atoms with Crippen molar-refractivity contribution in [1.82, 2.24) is 0 Å². The van der Waals surface area contributed by atoms with E-state index in [0.29, 0.717) is 0 Å². The van der Waals surface area contributed by atoms with Gasteiger partial charge in [-0.1, -0.05) is 37.6 Å². The van der Waals surface area contributed by atoms with Crippen molar-refractivity contribution in [3.63, 3.8) is 0 Å². The molecule has 0 saturated heterocycles. The zero-order valence-electron chi connectivity index (χ0n) is 10.8. The predicted octanol–water partition coefficient (Wildman–Crippen LogP) is 5.66. The molecule has 1 aromatic heterocycles. The van der Waals surface area contributed by atoms with Crippen molar-refractivity contribution < 1.29 is 0 Å². The minimum atomic E-state index is -0.0483. The first kappa shape index (κ1) is 15.2. The van der Waals surface area contributed by atoms with Crippen LogP contribution in [-0.2, 0) is 6.42 Å². The molecule has 0 aliphatic heterocycles. The summed E-state index contributed by atoms with van der Waals surface area (Å²) >= 11 is 8.70. The van der Waals surface area contributed by atoms with Crippen LogP contribution in [0.25, 0.3) is 0 Å². The summed E-state index contributed by atoms with van der Waals surface area (Å²) in [7, 11) is 0. The van der Waals surface area contributed by atoms with Crippen LogP contribution in [0, 0.1) is 0 Å². The summed E-state index contributed by atoms with van der Waals surface area (Å²) in [5, 5.41) is 0. The van der Waals surface area contributed by atoms with Crippen molar-refractivity contribution in [2.24, 2.45) is 5.73 Å². The van der Waals surface area contributed by atoms with Crippen LogP contribution in [0.3, 0.4) is 0 Å². The minimum Gasteiger partial charge on any atom is -0.320 e. The summed E-state index contributed by atoms with van der Waals surface area (Å²) in [6.07, 6.45) is 3.64. The van der Waals surface area contributed by atoms with E-state index in [4.69, 9.17) is 5.73 Å². The Bertz CT molecular complexity index is 514. The Labute approximate surface area is 135 Å². The van der Waals surface area contributed by atoms with Gasteiger partial charge in [0.05, 0.1) is 9.83 Å². The lowest BCUT2D eigenvalue weighted by atomic mass is 10.0. The van der Waals surface area contributed by atoms with Gasteiger partial charge in [0.2, 0.25) is 0 Å². The van der Waals surface area contributed by atoms with Crippen LogP contribution in [0.1, 0.15) is 41.8 Å². The van der Waals surface area contributed by atoms with Crippen LogP contribution in [0.5, 0.6) is 0 Å². The van der Waals surface area contributed by atoms with E-state index in [1.807, 2.05) is 0 Å². The minimum absolute atomic E-state index is 0.0483. The molecule has 19 heavy (non-hydrogen) atoms. The third-order valence-corrected chi connectivity index (χ3v) is 6.47. The second-order valence-electron chi connectivity index (χ2n) is 4.59. The maximum absolute atomic E-state index is 6.32. The van der Waals surface area contributed by atoms with Crippen molar-refractivity contribution in [2.45, 2.75) is 32.2 Å². The molecular weight excluding hydrogens is 386 g/mol. The van der Waals surface area contributed by atoms with E-state index < -0.39 is 0 Å². The molecule has 102 valence electrons. The topological polar surface area (TPSA) is 26.0 Å². The Morgan fingerprint density at radius 2 is 1.89 bits per heavy atom. The number of hydrogen-bond acceptors (Lipinski definition) is 2. The maximum atomic E-state index is 6.32. The molecule has 0 spiro atoms. The van der Waals surface area contributed by atoms with Gasteiger partial charge in [-0.3, -0.25) is 0 Å². The Morgan fingerprint density at radius 1 is 1.21 bits per heavy atom. The highest BCUT2D eigenvalue weighted by atomic mass is 79.9. The smallest absolute Gasteiger partial charge is 0.0843 e. The second-order valence-corrected chi connectivity index (χ2v) is 7.85. The summed E-state index contributed by atoms with van der Waals surface area (Å²) in [5.74, 6) is 0. The average molecular weight is 403 g/mol. The van der Waals surface area contributed by atoms with Crippen LogP contribution >= 0.6 is 43.2 Å². The molecule has 0 amide bonds. The number of unbranched alkanes of at least 4 members (excludes halogenated alkanes) is 1. The van der Waals surface area contributed by atoms with Crippen molar-refractivity contribution in [1.29, 1.82) is 0 Å². The Kier molecular flexibility index (Phi) is 5.63. The maximum Gasteiger partial charge on any atom is 0.0843 e. The molecule has 4 heteroatoms. The summed E-state index contributed by atoms with van der Waals surface area (Å²) in [4.78, 5) is 1.17. The number of rotatable bonds is 5. The van der Waals surface area contributed by atoms with Gasteiger partial charge in [-0.2, -0.15) is 0 Å². The lowest BCUT2D eigenvalue weighted by Crippen LogP contribution is -2.10. The highest BCUT2D eigenvalue weighted by molar-refractivity contribution is 9.13. The molecule has 0 aliphatic carbocycles. The van der Waals surface area contributed by atoms with Gasteiger partial charge >= 0.3 is 0 Å². The van der Waals surface area contributed by atoms with Crippen molar-refractivity contribution in [3.8, 4) is 0 Å². The number of halogens is 2. The largest absolute Gasteiger partial charge is 0.320 e. The highest BCUT2D eigenvalue weighted by Crippen LogP contribution is 2.36. The van der Waals surface area contributed by atoms with E-state index in [-0.39, 0.29) is 6.04 Å². The molecule has 2 rings (SSSR count). The molecule has 1 nitrogen and oxygen atoms in total. The van der Waals surface area contributed by atoms with Crippen LogP contribution in [0.15, 0.2) is 38.6 Å². The Balaban J connectivity index is 2.13. The fourth-order valence-electron chi connectivity index (χ4n) is 1.95. The van der Waals surface area contributed by atoms with Crippen LogP contribution in [-0.4, -0.2) is 0 Å². The molecular formula is C15H17Br2NS. The summed E-state index contributed by atoms with van der Waals surface area (Å²) in [5.41, 5.74) is 8.88. The third-order valence-electron chi connectivity index (χ3n) is 3.13. The number of aryl methyl sites for hydroxylation is 1. The summed E-state index contributed by atoms with van der Waals surface area (Å²) in [6.45, 7) is 2.22. The fourth-order valence-corrected chi connectivity index (χ4v) is 4.07. The highest BCUT2D eigenvalue weighted by Gasteiger charge is 2.13. The van der Waals surface area contributed by atoms with E-state index in [1.165, 1.54) is 28.8 Å². The number of benzene rings is 1. The van der Waals surface area contributed by atoms with E-state index in [1.54, 1.807) is 11.3 Å². The van der Waals surface area contributed by atoms with E-state index >= 15 is 0 Å². The Hall–Kier alpha value is -0.160. The average Bonchev–Trinajstić information content (AvgIpc) is 2.76. The first-order valence-electron chi connectivity index (χ1n) is 6.41. The quantitative estimate of drug-likeness (QED) is 0.685. The standard InChI is InChI=1S/C15H17Br2NS/c1-2-3-4-10-5-7-11(8-6-10)14(18)13-9-12(16)15(17)19-13/h5-9,14H,2-4,18H2,1H3. The Morgan fingerprint density at radius 3 is 2.42 bits per heavy atom. The number of hydrogen-bond donors (Lipinski definition) is 1. The van der Waals surface area contributed by atoms with Gasteiger partial charge < -0.3 is 5.73 Å². The number of nitrogens with two attached hydrogens (primary N) is 1. The first-order chi connectivity index (χ1) is 9.11. The van der Waals surface area contributed by atoms with Crippen LogP contribution in [0.4, 0.5) is 0 Å². The van der Waals surface area contributed by atoms with Gasteiger partial charge in [-0.25, -0.2) is 0 Å². The van der Waals surface area contributed by atoms with Gasteiger partial charge in [0.25, 0.3) is 0 Å². The zero-order valence-corrected chi connectivity index (χ0v) is 14.8. The monoisotopic (exact) mass is 401 g/mol. The van der Waals surface area contributed by atoms with Crippen molar-refractivity contribution in [2.75, 3.05) is 0 Å². The lowest BCUT2D eigenvalue weighted by molar-refractivity contribution is 0.793. The molecule has 0 fully saturated rings. The summed E-state index contributed by atoms with van der Waals surface area (Å²) < 4.78 is 2.17. The van der Waals surface area contributed by atoms with Crippen molar-refractivity contribution in [3.05, 3.63) is 54.6 Å². The SMILES string of the molecule is CCCCc1ccc(C(N)c2cc(Br)c(Br)s2)cc1. The normalized spacial score (nSPS) is 12.6. The zero-order chi connectivity index (χ0) is 13.8. The fraction of sp³-hybridized carbons (Fsp3) is 0.333. The molecule has 1 unspecified atom stereocenters. The third kappa shape index (κ3) is 3.91. The van der Waals surface area contributed by atoms with Crippen molar-refractivity contribution >= 4 is 43.2 Å². The molecule has 1 heterocycles. The van der Waals surface area contributed by atoms with Gasteiger partial charge in [0.15, 0.2) is 0 Å². The van der Waals surface area contributed by atoms with Gasteiger partial charge in [-0.15, -0.1) is 11.3 Å². The molecule has 1 atom stereocenters. The molecule has 0 radical (unpaired) electrons. The summed E-state index contributed by atoms with van der Waals surface area (Å²) in [6, 6.07) is 10.7. The second kappa shape index (κ2) is 7.02. The van der Waals surface area contributed by atoms with Gasteiger partial charge in [-0.05, 0) is 61.9 Å². The van der Waals surface area contributed by atoms with Crippen LogP contribution < -0.4 is 5.73 Å². The van der Waals surface area contributed by atoms with E-state index in [9.17, 15) is 0 Å². The molecule has 2 aromatic rings.